The number of benzene rings is 2. The second kappa shape index (κ2) is 6.28. The van der Waals surface area contributed by atoms with E-state index in [1.165, 1.54) is 0 Å². The Morgan fingerprint density at radius 1 is 1.00 bits per heavy atom. The maximum atomic E-state index is 12.5. The van der Waals surface area contributed by atoms with Crippen LogP contribution in [0.4, 0.5) is 5.69 Å². The van der Waals surface area contributed by atoms with Crippen molar-refractivity contribution in [3.05, 3.63) is 59.2 Å². The lowest BCUT2D eigenvalue weighted by molar-refractivity contribution is 0.0652. The third-order valence-electron chi connectivity index (χ3n) is 4.32. The molecule has 1 heterocycles. The fourth-order valence-electron chi connectivity index (χ4n) is 2.48. The number of hydrogen-bond donors (Lipinski definition) is 1. The summed E-state index contributed by atoms with van der Waals surface area (Å²) in [5, 5.41) is 0. The molecule has 0 spiro atoms. The van der Waals surface area contributed by atoms with Gasteiger partial charge in [-0.25, -0.2) is 8.42 Å². The van der Waals surface area contributed by atoms with Gasteiger partial charge in [-0.2, -0.15) is 0 Å². The molecular weight excluding hydrogens is 324 g/mol. The summed E-state index contributed by atoms with van der Waals surface area (Å²) in [5.41, 5.74) is 2.98. The van der Waals surface area contributed by atoms with Gasteiger partial charge in [0.25, 0.3) is 15.9 Å². The van der Waals surface area contributed by atoms with Crippen molar-refractivity contribution < 1.29 is 13.2 Å². The Bertz CT molecular complexity index is 870. The number of carbonyl (C=O) groups excluding carboxylic acids is 1. The van der Waals surface area contributed by atoms with Crippen LogP contribution in [0.1, 0.15) is 27.9 Å². The quantitative estimate of drug-likeness (QED) is 0.927. The van der Waals surface area contributed by atoms with Gasteiger partial charge in [0.2, 0.25) is 0 Å². The molecule has 2 aromatic carbocycles. The molecule has 0 bridgehead atoms. The molecule has 0 radical (unpaired) electrons. The Balaban J connectivity index is 1.77. The van der Waals surface area contributed by atoms with E-state index < -0.39 is 10.0 Å². The van der Waals surface area contributed by atoms with E-state index in [4.69, 9.17) is 0 Å². The van der Waals surface area contributed by atoms with Crippen LogP contribution < -0.4 is 4.72 Å². The van der Waals surface area contributed by atoms with E-state index in [9.17, 15) is 13.2 Å². The minimum atomic E-state index is -3.64. The van der Waals surface area contributed by atoms with Crippen LogP contribution in [0.25, 0.3) is 0 Å². The molecule has 126 valence electrons. The Kier molecular flexibility index (Phi) is 4.32. The molecule has 1 aliphatic heterocycles. The average molecular weight is 344 g/mol. The van der Waals surface area contributed by atoms with Gasteiger partial charge in [-0.3, -0.25) is 9.52 Å². The van der Waals surface area contributed by atoms with Gasteiger partial charge >= 0.3 is 0 Å². The number of amides is 1. The summed E-state index contributed by atoms with van der Waals surface area (Å²) in [4.78, 5) is 14.1. The fourth-order valence-corrected chi connectivity index (χ4v) is 3.62. The third-order valence-corrected chi connectivity index (χ3v) is 5.69. The number of hydrogen-bond acceptors (Lipinski definition) is 3. The number of sulfonamides is 1. The summed E-state index contributed by atoms with van der Waals surface area (Å²) in [6.07, 6.45) is 1.04. The maximum Gasteiger partial charge on any atom is 0.261 e. The van der Waals surface area contributed by atoms with Gasteiger partial charge in [0, 0.05) is 24.3 Å². The lowest BCUT2D eigenvalue weighted by Gasteiger charge is -2.30. The molecule has 0 aliphatic carbocycles. The van der Waals surface area contributed by atoms with Gasteiger partial charge in [0.1, 0.15) is 0 Å². The number of anilines is 1. The van der Waals surface area contributed by atoms with E-state index in [0.29, 0.717) is 11.3 Å². The maximum absolute atomic E-state index is 12.5. The van der Waals surface area contributed by atoms with Crippen LogP contribution in [0.15, 0.2) is 47.4 Å². The van der Waals surface area contributed by atoms with Gasteiger partial charge in [0.15, 0.2) is 0 Å². The van der Waals surface area contributed by atoms with Crippen LogP contribution in [0.2, 0.25) is 0 Å². The van der Waals surface area contributed by atoms with Gasteiger partial charge in [0.05, 0.1) is 4.90 Å². The van der Waals surface area contributed by atoms with E-state index in [1.807, 2.05) is 13.8 Å². The van der Waals surface area contributed by atoms with E-state index in [1.54, 1.807) is 47.4 Å². The Labute approximate surface area is 142 Å². The molecule has 5 nitrogen and oxygen atoms in total. The number of nitrogens with zero attached hydrogens (tertiary/aromatic N) is 1. The van der Waals surface area contributed by atoms with Gasteiger partial charge < -0.3 is 4.90 Å². The minimum absolute atomic E-state index is 0.00943. The molecule has 0 aromatic heterocycles. The molecule has 2 aromatic rings. The first kappa shape index (κ1) is 16.5. The molecular formula is C18H20N2O3S. The highest BCUT2D eigenvalue weighted by molar-refractivity contribution is 7.92. The lowest BCUT2D eigenvalue weighted by Crippen LogP contribution is -2.41. The van der Waals surface area contributed by atoms with Crippen LogP contribution in [-0.4, -0.2) is 32.3 Å². The SMILES string of the molecule is Cc1ccc(S(=O)(=O)Nc2ccc(C(=O)N3CCC3)cc2)cc1C. The molecule has 3 rings (SSSR count). The molecule has 1 N–H and O–H groups in total. The van der Waals surface area contributed by atoms with Crippen molar-refractivity contribution >= 4 is 21.6 Å². The zero-order valence-corrected chi connectivity index (χ0v) is 14.6. The summed E-state index contributed by atoms with van der Waals surface area (Å²) < 4.78 is 27.5. The fraction of sp³-hybridized carbons (Fsp3) is 0.278. The number of carbonyl (C=O) groups is 1. The van der Waals surface area contributed by atoms with Crippen molar-refractivity contribution in [2.75, 3.05) is 17.8 Å². The second-order valence-corrected chi connectivity index (χ2v) is 7.76. The Hall–Kier alpha value is -2.34. The molecule has 0 unspecified atom stereocenters. The summed E-state index contributed by atoms with van der Waals surface area (Å²) in [7, 11) is -3.64. The summed E-state index contributed by atoms with van der Waals surface area (Å²) in [5.74, 6) is -0.00943. The van der Waals surface area contributed by atoms with Gasteiger partial charge in [-0.1, -0.05) is 6.07 Å². The van der Waals surface area contributed by atoms with E-state index >= 15 is 0 Å². The average Bonchev–Trinajstić information content (AvgIpc) is 2.48. The molecule has 0 atom stereocenters. The summed E-state index contributed by atoms with van der Waals surface area (Å²) >= 11 is 0. The lowest BCUT2D eigenvalue weighted by atomic mass is 10.1. The summed E-state index contributed by atoms with van der Waals surface area (Å²) in [6.45, 7) is 5.40. The number of rotatable bonds is 4. The Morgan fingerprint density at radius 2 is 1.67 bits per heavy atom. The first-order chi connectivity index (χ1) is 11.4. The normalized spacial score (nSPS) is 14.2. The summed E-state index contributed by atoms with van der Waals surface area (Å²) in [6, 6.07) is 11.6. The molecule has 0 saturated carbocycles. The number of likely N-dealkylation sites (tertiary alicyclic amines) is 1. The Morgan fingerprint density at radius 3 is 2.21 bits per heavy atom. The zero-order chi connectivity index (χ0) is 17.3. The number of nitrogens with one attached hydrogen (secondary N) is 1. The third kappa shape index (κ3) is 3.28. The van der Waals surface area contributed by atoms with Crippen molar-refractivity contribution in [1.29, 1.82) is 0 Å². The minimum Gasteiger partial charge on any atom is -0.339 e. The van der Waals surface area contributed by atoms with Crippen LogP contribution in [0, 0.1) is 13.8 Å². The topological polar surface area (TPSA) is 66.5 Å². The molecule has 1 saturated heterocycles. The van der Waals surface area contributed by atoms with E-state index in [0.717, 1.165) is 30.6 Å². The van der Waals surface area contributed by atoms with E-state index in [2.05, 4.69) is 4.72 Å². The van der Waals surface area contributed by atoms with Crippen molar-refractivity contribution in [2.45, 2.75) is 25.2 Å². The molecule has 1 fully saturated rings. The predicted molar refractivity (Wildman–Crippen MR) is 93.7 cm³/mol. The monoisotopic (exact) mass is 344 g/mol. The largest absolute Gasteiger partial charge is 0.339 e. The van der Waals surface area contributed by atoms with Crippen LogP contribution in [0.3, 0.4) is 0 Å². The highest BCUT2D eigenvalue weighted by Crippen LogP contribution is 2.20. The zero-order valence-electron chi connectivity index (χ0n) is 13.7. The van der Waals surface area contributed by atoms with Gasteiger partial charge in [-0.15, -0.1) is 0 Å². The predicted octanol–water partition coefficient (Wildman–Crippen LogP) is 2.95. The van der Waals surface area contributed by atoms with Crippen LogP contribution in [0.5, 0.6) is 0 Å². The molecule has 1 aliphatic rings. The van der Waals surface area contributed by atoms with Crippen molar-refractivity contribution in [3.8, 4) is 0 Å². The van der Waals surface area contributed by atoms with Crippen molar-refractivity contribution in [3.63, 3.8) is 0 Å². The highest BCUT2D eigenvalue weighted by atomic mass is 32.2. The first-order valence-electron chi connectivity index (χ1n) is 7.86. The second-order valence-electron chi connectivity index (χ2n) is 6.07. The molecule has 6 heteroatoms. The van der Waals surface area contributed by atoms with Crippen LogP contribution in [-0.2, 0) is 10.0 Å². The van der Waals surface area contributed by atoms with Crippen molar-refractivity contribution in [2.24, 2.45) is 0 Å². The van der Waals surface area contributed by atoms with Crippen molar-refractivity contribution in [1.82, 2.24) is 4.90 Å². The first-order valence-corrected chi connectivity index (χ1v) is 9.34. The smallest absolute Gasteiger partial charge is 0.261 e. The van der Waals surface area contributed by atoms with Crippen LogP contribution >= 0.6 is 0 Å². The van der Waals surface area contributed by atoms with E-state index in [-0.39, 0.29) is 10.8 Å². The molecule has 1 amide bonds. The number of aryl methyl sites for hydroxylation is 2. The molecule has 24 heavy (non-hydrogen) atoms. The van der Waals surface area contributed by atoms with Gasteiger partial charge in [-0.05, 0) is 67.8 Å². The highest BCUT2D eigenvalue weighted by Gasteiger charge is 2.21. The standard InChI is InChI=1S/C18H20N2O3S/c1-13-4-9-17(12-14(13)2)24(22,23)19-16-7-5-15(6-8-16)18(21)20-10-3-11-20/h4-9,12,19H,3,10-11H2,1-2H3.